The van der Waals surface area contributed by atoms with Gasteiger partial charge in [-0.2, -0.15) is 19.0 Å². The summed E-state index contributed by atoms with van der Waals surface area (Å²) in [4.78, 5) is 41.6. The third-order valence-corrected chi connectivity index (χ3v) is 7.49. The molecular formula is C28H30F2N8O4. The molecule has 5 rings (SSSR count). The second-order valence-corrected chi connectivity index (χ2v) is 10.7. The summed E-state index contributed by atoms with van der Waals surface area (Å²) in [6, 6.07) is 8.00. The maximum absolute atomic E-state index is 13.5. The summed E-state index contributed by atoms with van der Waals surface area (Å²) in [5, 5.41) is 11.7. The van der Waals surface area contributed by atoms with Gasteiger partial charge in [0.15, 0.2) is 5.69 Å². The van der Waals surface area contributed by atoms with E-state index in [-0.39, 0.29) is 29.3 Å². The van der Waals surface area contributed by atoms with Gasteiger partial charge in [-0.25, -0.2) is 14.3 Å². The van der Waals surface area contributed by atoms with Crippen LogP contribution in [0.2, 0.25) is 0 Å². The average Bonchev–Trinajstić information content (AvgIpc) is 3.60. The highest BCUT2D eigenvalue weighted by Crippen LogP contribution is 2.31. The molecule has 1 aliphatic carbocycles. The highest BCUT2D eigenvalue weighted by atomic mass is 19.3. The number of amides is 3. The Balaban J connectivity index is 1.36. The number of carbonyl (C=O) groups excluding carboxylic acids is 3. The van der Waals surface area contributed by atoms with Crippen LogP contribution in [0.1, 0.15) is 66.9 Å². The minimum absolute atomic E-state index is 0.104. The molecule has 0 aliphatic heterocycles. The Morgan fingerprint density at radius 2 is 1.83 bits per heavy atom. The van der Waals surface area contributed by atoms with E-state index in [4.69, 9.17) is 16.2 Å². The van der Waals surface area contributed by atoms with Crippen LogP contribution in [0.3, 0.4) is 0 Å². The zero-order valence-corrected chi connectivity index (χ0v) is 23.0. The molecule has 0 spiro atoms. The van der Waals surface area contributed by atoms with Gasteiger partial charge >= 0.3 is 6.55 Å². The quantitative estimate of drug-likeness (QED) is 0.273. The standard InChI is InChI=1S/C28H30F2N8O4/c1-28(2,26(32)41)38-21-12-15(16-13-34-37(14-16)27(29)30)5-10-19(21)22(36-38)24(40)35-17-6-8-18(9-7-17)42-25-20(23(31)39)4-3-11-33-25/h3-5,10-14,17-18,27H,6-9H2,1-2H3,(H2,31,39)(H2,32,41)(H,35,40)/t17-,18-. The molecule has 14 heteroatoms. The molecule has 1 saturated carbocycles. The molecule has 12 nitrogen and oxygen atoms in total. The first-order chi connectivity index (χ1) is 20.0. The molecule has 42 heavy (non-hydrogen) atoms. The number of aromatic nitrogens is 5. The van der Waals surface area contributed by atoms with Crippen LogP contribution in [-0.2, 0) is 10.3 Å². The van der Waals surface area contributed by atoms with Gasteiger partial charge in [0.05, 0.1) is 11.7 Å². The average molecular weight is 581 g/mol. The highest BCUT2D eigenvalue weighted by molar-refractivity contribution is 6.06. The van der Waals surface area contributed by atoms with Gasteiger partial charge in [0, 0.05) is 29.4 Å². The molecule has 220 valence electrons. The first kappa shape index (κ1) is 28.6. The number of fused-ring (bicyclic) bond motifs is 1. The maximum atomic E-state index is 13.5. The zero-order valence-electron chi connectivity index (χ0n) is 23.0. The first-order valence-corrected chi connectivity index (χ1v) is 13.3. The molecule has 3 amide bonds. The maximum Gasteiger partial charge on any atom is 0.333 e. The molecule has 1 aliphatic rings. The minimum Gasteiger partial charge on any atom is -0.474 e. The molecule has 0 radical (unpaired) electrons. The molecule has 0 atom stereocenters. The Labute approximate surface area is 239 Å². The molecule has 3 heterocycles. The van der Waals surface area contributed by atoms with Crippen LogP contribution in [0.15, 0.2) is 48.9 Å². The number of alkyl halides is 2. The number of primary amides is 2. The molecule has 4 aromatic rings. The SMILES string of the molecule is CC(C)(C(N)=O)n1nc(C(=O)N[C@H]2CC[C@H](Oc3ncccc3C(N)=O)CC2)c2ccc(-c3cnn(C(F)F)c3)cc21. The van der Waals surface area contributed by atoms with E-state index in [9.17, 15) is 23.2 Å². The minimum atomic E-state index is -2.79. The lowest BCUT2D eigenvalue weighted by atomic mass is 9.92. The van der Waals surface area contributed by atoms with Crippen molar-refractivity contribution >= 4 is 28.6 Å². The Kier molecular flexibility index (Phi) is 7.63. The number of nitrogens with zero attached hydrogens (tertiary/aromatic N) is 5. The van der Waals surface area contributed by atoms with Gasteiger partial charge in [-0.1, -0.05) is 6.07 Å². The van der Waals surface area contributed by atoms with Crippen LogP contribution in [0.4, 0.5) is 8.78 Å². The summed E-state index contributed by atoms with van der Waals surface area (Å²) >= 11 is 0. The zero-order chi connectivity index (χ0) is 30.2. The summed E-state index contributed by atoms with van der Waals surface area (Å²) in [6.07, 6.45) is 6.29. The molecular weight excluding hydrogens is 550 g/mol. The lowest BCUT2D eigenvalue weighted by Crippen LogP contribution is -2.42. The number of hydrogen-bond donors (Lipinski definition) is 3. The number of pyridine rings is 1. The largest absolute Gasteiger partial charge is 0.474 e. The Bertz CT molecular complexity index is 1660. The van der Waals surface area contributed by atoms with E-state index in [1.165, 1.54) is 23.3 Å². The number of nitrogens with one attached hydrogen (secondary N) is 1. The van der Waals surface area contributed by atoms with Crippen LogP contribution in [0.25, 0.3) is 22.0 Å². The van der Waals surface area contributed by atoms with Gasteiger partial charge in [-0.3, -0.25) is 14.4 Å². The molecule has 0 unspecified atom stereocenters. The normalized spacial score (nSPS) is 17.4. The van der Waals surface area contributed by atoms with Gasteiger partial charge in [0.2, 0.25) is 11.8 Å². The summed E-state index contributed by atoms with van der Waals surface area (Å²) < 4.78 is 34.0. The van der Waals surface area contributed by atoms with Crippen molar-refractivity contribution in [3.8, 4) is 17.0 Å². The Hall–Kier alpha value is -4.88. The van der Waals surface area contributed by atoms with Crippen molar-refractivity contribution in [2.75, 3.05) is 0 Å². The van der Waals surface area contributed by atoms with Gasteiger partial charge in [0.1, 0.15) is 17.2 Å². The lowest BCUT2D eigenvalue weighted by Gasteiger charge is -2.29. The van der Waals surface area contributed by atoms with Gasteiger partial charge in [-0.05, 0) is 69.4 Å². The number of carbonyl (C=O) groups is 3. The Morgan fingerprint density at radius 1 is 1.10 bits per heavy atom. The van der Waals surface area contributed by atoms with Crippen molar-refractivity contribution in [1.82, 2.24) is 29.9 Å². The number of halogens is 2. The lowest BCUT2D eigenvalue weighted by molar-refractivity contribution is -0.125. The number of benzene rings is 1. The van der Waals surface area contributed by atoms with E-state index in [1.807, 2.05) is 0 Å². The fourth-order valence-corrected chi connectivity index (χ4v) is 5.00. The van der Waals surface area contributed by atoms with Crippen LogP contribution >= 0.6 is 0 Å². The number of hydrogen-bond acceptors (Lipinski definition) is 7. The van der Waals surface area contributed by atoms with Crippen LogP contribution < -0.4 is 21.5 Å². The topological polar surface area (TPSA) is 173 Å². The molecule has 0 bridgehead atoms. The predicted octanol–water partition coefficient (Wildman–Crippen LogP) is 3.13. The fraction of sp³-hybridized carbons (Fsp3) is 0.357. The van der Waals surface area contributed by atoms with E-state index in [2.05, 4.69) is 20.5 Å². The van der Waals surface area contributed by atoms with E-state index in [0.29, 0.717) is 52.4 Å². The smallest absolute Gasteiger partial charge is 0.333 e. The highest BCUT2D eigenvalue weighted by Gasteiger charge is 2.33. The van der Waals surface area contributed by atoms with E-state index in [1.54, 1.807) is 44.2 Å². The molecule has 1 aromatic carbocycles. The third-order valence-electron chi connectivity index (χ3n) is 7.49. The second kappa shape index (κ2) is 11.2. The number of nitrogens with two attached hydrogens (primary N) is 2. The van der Waals surface area contributed by atoms with Crippen molar-refractivity contribution in [3.05, 3.63) is 60.2 Å². The second-order valence-electron chi connectivity index (χ2n) is 10.7. The Morgan fingerprint density at radius 3 is 2.48 bits per heavy atom. The molecule has 3 aromatic heterocycles. The monoisotopic (exact) mass is 580 g/mol. The number of ether oxygens (including phenoxy) is 1. The number of rotatable bonds is 9. The molecule has 0 saturated heterocycles. The van der Waals surface area contributed by atoms with Crippen LogP contribution in [0.5, 0.6) is 5.88 Å². The first-order valence-electron chi connectivity index (χ1n) is 13.3. The van der Waals surface area contributed by atoms with E-state index >= 15 is 0 Å². The summed E-state index contributed by atoms with van der Waals surface area (Å²) in [5.74, 6) is -1.53. The summed E-state index contributed by atoms with van der Waals surface area (Å²) in [6.45, 7) is 0.371. The van der Waals surface area contributed by atoms with E-state index < -0.39 is 29.8 Å². The van der Waals surface area contributed by atoms with Gasteiger partial charge in [0.25, 0.3) is 11.8 Å². The van der Waals surface area contributed by atoms with Crippen molar-refractivity contribution in [1.29, 1.82) is 0 Å². The molecule has 1 fully saturated rings. The van der Waals surface area contributed by atoms with Crippen molar-refractivity contribution < 1.29 is 27.9 Å². The third kappa shape index (κ3) is 5.51. The van der Waals surface area contributed by atoms with Crippen LogP contribution in [-0.4, -0.2) is 54.4 Å². The molecule has 5 N–H and O–H groups in total. The van der Waals surface area contributed by atoms with Gasteiger partial charge in [-0.15, -0.1) is 0 Å². The predicted molar refractivity (Wildman–Crippen MR) is 148 cm³/mol. The fourth-order valence-electron chi connectivity index (χ4n) is 5.00. The van der Waals surface area contributed by atoms with E-state index in [0.717, 1.165) is 0 Å². The van der Waals surface area contributed by atoms with Crippen molar-refractivity contribution in [3.63, 3.8) is 0 Å². The van der Waals surface area contributed by atoms with Crippen LogP contribution in [0, 0.1) is 0 Å². The summed E-state index contributed by atoms with van der Waals surface area (Å²) in [5.41, 5.74) is 11.5. The van der Waals surface area contributed by atoms with Gasteiger partial charge < -0.3 is 21.5 Å². The van der Waals surface area contributed by atoms with Crippen molar-refractivity contribution in [2.24, 2.45) is 11.5 Å². The summed E-state index contributed by atoms with van der Waals surface area (Å²) in [7, 11) is 0. The van der Waals surface area contributed by atoms with Crippen molar-refractivity contribution in [2.45, 2.75) is 63.8 Å².